The van der Waals surface area contributed by atoms with Gasteiger partial charge in [-0.1, -0.05) is 19.1 Å². The number of carbonyl (C=O) groups is 1. The molecule has 2 N–H and O–H groups in total. The number of anilines is 1. The van der Waals surface area contributed by atoms with Gasteiger partial charge in [-0.15, -0.1) is 0 Å². The smallest absolute Gasteiger partial charge is 0.228 e. The van der Waals surface area contributed by atoms with Gasteiger partial charge in [0, 0.05) is 37.8 Å². The Balaban J connectivity index is 1.64. The molecule has 0 spiro atoms. The van der Waals surface area contributed by atoms with Crippen molar-refractivity contribution in [1.82, 2.24) is 4.90 Å². The van der Waals surface area contributed by atoms with Crippen LogP contribution in [0.1, 0.15) is 25.3 Å². The van der Waals surface area contributed by atoms with Crippen molar-refractivity contribution in [1.29, 1.82) is 0 Å². The van der Waals surface area contributed by atoms with Crippen molar-refractivity contribution in [2.24, 2.45) is 11.7 Å². The van der Waals surface area contributed by atoms with E-state index in [1.807, 2.05) is 12.1 Å². The second kappa shape index (κ2) is 5.54. The summed E-state index contributed by atoms with van der Waals surface area (Å²) >= 11 is 0. The van der Waals surface area contributed by atoms with E-state index in [1.54, 1.807) is 4.90 Å². The zero-order valence-electron chi connectivity index (χ0n) is 12.1. The Morgan fingerprint density at radius 1 is 1.25 bits per heavy atom. The molecule has 4 heteroatoms. The quantitative estimate of drug-likeness (QED) is 0.910. The summed E-state index contributed by atoms with van der Waals surface area (Å²) in [6, 6.07) is 8.34. The van der Waals surface area contributed by atoms with E-state index in [9.17, 15) is 4.79 Å². The fraction of sp³-hybridized carbons (Fsp3) is 0.562. The van der Waals surface area contributed by atoms with Crippen LogP contribution >= 0.6 is 0 Å². The van der Waals surface area contributed by atoms with Crippen LogP contribution in [0, 0.1) is 5.92 Å². The van der Waals surface area contributed by atoms with Crippen LogP contribution in [0.2, 0.25) is 0 Å². The van der Waals surface area contributed by atoms with E-state index < -0.39 is 0 Å². The van der Waals surface area contributed by atoms with Crippen LogP contribution in [-0.2, 0) is 11.3 Å². The highest BCUT2D eigenvalue weighted by Crippen LogP contribution is 2.23. The van der Waals surface area contributed by atoms with Gasteiger partial charge in [-0.25, -0.2) is 0 Å². The molecule has 1 amide bonds. The first-order valence-corrected chi connectivity index (χ1v) is 7.49. The van der Waals surface area contributed by atoms with Gasteiger partial charge in [0.15, 0.2) is 0 Å². The van der Waals surface area contributed by atoms with Gasteiger partial charge >= 0.3 is 0 Å². The fourth-order valence-electron chi connectivity index (χ4n) is 3.19. The van der Waals surface area contributed by atoms with Gasteiger partial charge in [0.05, 0.1) is 0 Å². The maximum absolute atomic E-state index is 11.8. The lowest BCUT2D eigenvalue weighted by atomic mass is 10.1. The summed E-state index contributed by atoms with van der Waals surface area (Å²) in [5.74, 6) is 0.955. The normalized spacial score (nSPS) is 27.5. The molecule has 2 aliphatic rings. The minimum atomic E-state index is -0.0201. The third-order valence-electron chi connectivity index (χ3n) is 4.32. The zero-order valence-corrected chi connectivity index (χ0v) is 12.1. The van der Waals surface area contributed by atoms with Crippen LogP contribution in [0.15, 0.2) is 24.3 Å². The molecule has 108 valence electrons. The van der Waals surface area contributed by atoms with E-state index in [2.05, 4.69) is 24.0 Å². The lowest BCUT2D eigenvalue weighted by Gasteiger charge is -2.18. The van der Waals surface area contributed by atoms with Crippen LogP contribution in [-0.4, -0.2) is 36.5 Å². The molecule has 1 aromatic rings. The first kappa shape index (κ1) is 13.6. The van der Waals surface area contributed by atoms with Gasteiger partial charge in [0.1, 0.15) is 0 Å². The molecule has 3 rings (SSSR count). The average molecular weight is 273 g/mol. The van der Waals surface area contributed by atoms with E-state index in [0.717, 1.165) is 18.2 Å². The molecule has 0 aliphatic carbocycles. The van der Waals surface area contributed by atoms with E-state index in [1.165, 1.54) is 25.1 Å². The average Bonchev–Trinajstić information content (AvgIpc) is 2.96. The van der Waals surface area contributed by atoms with Crippen LogP contribution in [0.25, 0.3) is 0 Å². The zero-order chi connectivity index (χ0) is 14.1. The summed E-state index contributed by atoms with van der Waals surface area (Å²) in [6.45, 7) is 6.36. The molecular formula is C16H23N3O. The van der Waals surface area contributed by atoms with Crippen molar-refractivity contribution in [3.8, 4) is 0 Å². The minimum Gasteiger partial charge on any atom is -0.326 e. The molecule has 2 aliphatic heterocycles. The highest BCUT2D eigenvalue weighted by Gasteiger charge is 2.27. The monoisotopic (exact) mass is 273 g/mol. The Morgan fingerprint density at radius 2 is 2.00 bits per heavy atom. The van der Waals surface area contributed by atoms with Crippen molar-refractivity contribution in [2.75, 3.05) is 24.5 Å². The molecule has 0 saturated carbocycles. The summed E-state index contributed by atoms with van der Waals surface area (Å²) in [4.78, 5) is 16.1. The molecule has 1 aromatic carbocycles. The number of rotatable bonds is 3. The highest BCUT2D eigenvalue weighted by atomic mass is 16.2. The number of hydrogen-bond donors (Lipinski definition) is 1. The molecule has 20 heavy (non-hydrogen) atoms. The summed E-state index contributed by atoms with van der Waals surface area (Å²) in [7, 11) is 0. The number of carbonyl (C=O) groups excluding carboxylic acids is 1. The highest BCUT2D eigenvalue weighted by molar-refractivity contribution is 5.96. The van der Waals surface area contributed by atoms with E-state index in [-0.39, 0.29) is 11.9 Å². The predicted octanol–water partition coefficient (Wildman–Crippen LogP) is 1.59. The third kappa shape index (κ3) is 2.86. The Morgan fingerprint density at radius 3 is 2.55 bits per heavy atom. The van der Waals surface area contributed by atoms with Crippen LogP contribution in [0.3, 0.4) is 0 Å². The van der Waals surface area contributed by atoms with Gasteiger partial charge < -0.3 is 10.6 Å². The molecule has 2 atom stereocenters. The Hall–Kier alpha value is -1.39. The lowest BCUT2D eigenvalue weighted by molar-refractivity contribution is -0.117. The number of nitrogens with two attached hydrogens (primary N) is 1. The van der Waals surface area contributed by atoms with Gasteiger partial charge in [0.25, 0.3) is 0 Å². The van der Waals surface area contributed by atoms with E-state index >= 15 is 0 Å². The second-order valence-electron chi connectivity index (χ2n) is 6.26. The van der Waals surface area contributed by atoms with Gasteiger partial charge in [-0.3, -0.25) is 9.69 Å². The molecule has 0 radical (unpaired) electrons. The van der Waals surface area contributed by atoms with Crippen LogP contribution < -0.4 is 10.6 Å². The first-order chi connectivity index (χ1) is 9.61. The fourth-order valence-corrected chi connectivity index (χ4v) is 3.19. The van der Waals surface area contributed by atoms with Crippen molar-refractivity contribution in [2.45, 2.75) is 32.4 Å². The number of nitrogens with zero attached hydrogens (tertiary/aromatic N) is 2. The first-order valence-electron chi connectivity index (χ1n) is 7.49. The minimum absolute atomic E-state index is 0.0201. The SMILES string of the molecule is CC1CCN(Cc2ccc(N3CC(N)CC3=O)cc2)C1. The van der Waals surface area contributed by atoms with Gasteiger partial charge in [-0.2, -0.15) is 0 Å². The molecule has 4 nitrogen and oxygen atoms in total. The summed E-state index contributed by atoms with van der Waals surface area (Å²) in [5, 5.41) is 0. The Bertz CT molecular complexity index is 485. The maximum atomic E-state index is 11.8. The summed E-state index contributed by atoms with van der Waals surface area (Å²) in [6.07, 6.45) is 1.77. The molecule has 0 bridgehead atoms. The molecule has 0 aromatic heterocycles. The second-order valence-corrected chi connectivity index (χ2v) is 6.26. The summed E-state index contributed by atoms with van der Waals surface area (Å²) < 4.78 is 0. The van der Waals surface area contributed by atoms with Gasteiger partial charge in [0.2, 0.25) is 5.91 Å². The topological polar surface area (TPSA) is 49.6 Å². The molecule has 2 saturated heterocycles. The van der Waals surface area contributed by atoms with Crippen molar-refractivity contribution >= 4 is 11.6 Å². The van der Waals surface area contributed by atoms with Crippen molar-refractivity contribution in [3.63, 3.8) is 0 Å². The van der Waals surface area contributed by atoms with Crippen molar-refractivity contribution < 1.29 is 4.79 Å². The molecule has 2 unspecified atom stereocenters. The third-order valence-corrected chi connectivity index (χ3v) is 4.32. The number of amides is 1. The van der Waals surface area contributed by atoms with Crippen LogP contribution in [0.4, 0.5) is 5.69 Å². The van der Waals surface area contributed by atoms with Gasteiger partial charge in [-0.05, 0) is 36.6 Å². The van der Waals surface area contributed by atoms with E-state index in [0.29, 0.717) is 13.0 Å². The number of likely N-dealkylation sites (tertiary alicyclic amines) is 1. The standard InChI is InChI=1S/C16H23N3O/c1-12-6-7-18(9-12)10-13-2-4-15(5-3-13)19-11-14(17)8-16(19)20/h2-5,12,14H,6-11,17H2,1H3. The molecule has 2 heterocycles. The number of benzene rings is 1. The Labute approximate surface area is 120 Å². The molecular weight excluding hydrogens is 250 g/mol. The van der Waals surface area contributed by atoms with Crippen molar-refractivity contribution in [3.05, 3.63) is 29.8 Å². The maximum Gasteiger partial charge on any atom is 0.228 e. The largest absolute Gasteiger partial charge is 0.326 e. The Kier molecular flexibility index (Phi) is 3.76. The van der Waals surface area contributed by atoms with E-state index in [4.69, 9.17) is 5.73 Å². The summed E-state index contributed by atoms with van der Waals surface area (Å²) in [5.41, 5.74) is 8.13. The van der Waals surface area contributed by atoms with Crippen LogP contribution in [0.5, 0.6) is 0 Å². The lowest BCUT2D eigenvalue weighted by Crippen LogP contribution is -2.28. The predicted molar refractivity (Wildman–Crippen MR) is 80.4 cm³/mol. The number of hydrogen-bond acceptors (Lipinski definition) is 3. The molecule has 2 fully saturated rings.